The molecule has 2 N–H and O–H groups in total. The number of hydrogen-bond donors (Lipinski definition) is 2. The fourth-order valence-electron chi connectivity index (χ4n) is 4.45. The number of nitrogens with one attached hydrogen (secondary N) is 1. The van der Waals surface area contributed by atoms with Gasteiger partial charge in [-0.2, -0.15) is 0 Å². The molecule has 0 saturated carbocycles. The van der Waals surface area contributed by atoms with Gasteiger partial charge in [0.1, 0.15) is 11.9 Å². The minimum atomic E-state index is -4.09. The van der Waals surface area contributed by atoms with Crippen molar-refractivity contribution in [3.8, 4) is 5.75 Å². The van der Waals surface area contributed by atoms with Crippen molar-refractivity contribution in [2.75, 3.05) is 32.9 Å². The predicted octanol–water partition coefficient (Wildman–Crippen LogP) is 2.79. The summed E-state index contributed by atoms with van der Waals surface area (Å²) in [5, 5.41) is 9.15. The largest absolute Gasteiger partial charge is 0.494 e. The molecule has 10 nitrogen and oxygen atoms in total. The first kappa shape index (κ1) is 25.9. The Kier molecular flexibility index (Phi) is 7.82. The van der Waals surface area contributed by atoms with E-state index >= 15 is 0 Å². The van der Waals surface area contributed by atoms with Gasteiger partial charge in [0.25, 0.3) is 5.91 Å². The van der Waals surface area contributed by atoms with Gasteiger partial charge in [-0.05, 0) is 56.0 Å². The Hall–Kier alpha value is -3.15. The number of amides is 2. The number of carbonyl (C=O) groups excluding carboxylic acids is 2. The van der Waals surface area contributed by atoms with Crippen LogP contribution in [0.2, 0.25) is 0 Å². The van der Waals surface area contributed by atoms with Gasteiger partial charge < -0.3 is 19.1 Å². The van der Waals surface area contributed by atoms with Crippen LogP contribution < -0.4 is 10.2 Å². The molecule has 2 aromatic rings. The Morgan fingerprint density at radius 3 is 2.44 bits per heavy atom. The third-order valence-corrected chi connectivity index (χ3v) is 9.16. The predicted molar refractivity (Wildman–Crippen MR) is 128 cm³/mol. The number of hydrogen-bond acceptors (Lipinski definition) is 8. The fraction of sp³-hybridized carbons (Fsp3) is 0.440. The van der Waals surface area contributed by atoms with Gasteiger partial charge in [0.05, 0.1) is 18.0 Å². The molecule has 2 aromatic carbocycles. The van der Waals surface area contributed by atoms with Crippen LogP contribution >= 0.6 is 0 Å². The van der Waals surface area contributed by atoms with Gasteiger partial charge in [-0.1, -0.05) is 29.8 Å². The maximum Gasteiger partial charge on any atom is 0.410 e. The first-order chi connectivity index (χ1) is 17.3. The summed E-state index contributed by atoms with van der Waals surface area (Å²) in [6.45, 7) is 3.46. The van der Waals surface area contributed by atoms with Gasteiger partial charge in [0, 0.05) is 19.8 Å². The van der Waals surface area contributed by atoms with Gasteiger partial charge in [-0.25, -0.2) is 18.7 Å². The number of sulfone groups is 1. The highest BCUT2D eigenvalue weighted by Gasteiger charge is 2.52. The second-order valence-corrected chi connectivity index (χ2v) is 11.2. The Morgan fingerprint density at radius 2 is 1.81 bits per heavy atom. The molecule has 2 heterocycles. The van der Waals surface area contributed by atoms with Gasteiger partial charge in [0.15, 0.2) is 14.6 Å². The highest BCUT2D eigenvalue weighted by molar-refractivity contribution is 7.93. The van der Waals surface area contributed by atoms with E-state index in [0.29, 0.717) is 31.9 Å². The number of hydroxylamine groups is 1. The molecular weight excluding hydrogens is 488 g/mol. The molecule has 4 rings (SSSR count). The SMILES string of the molecule is Cc1ccc(C2CN(CCCOc3ccc(S(=O)(=O)C4(C(=O)NO)CCOCC4)cc3)C(=O)O2)cc1. The smallest absolute Gasteiger partial charge is 0.410 e. The van der Waals surface area contributed by atoms with Crippen LogP contribution in [-0.2, 0) is 24.1 Å². The van der Waals surface area contributed by atoms with E-state index in [2.05, 4.69) is 0 Å². The van der Waals surface area contributed by atoms with Gasteiger partial charge in [0.2, 0.25) is 0 Å². The van der Waals surface area contributed by atoms with E-state index in [9.17, 15) is 18.0 Å². The summed E-state index contributed by atoms with van der Waals surface area (Å²) >= 11 is 0. The molecule has 36 heavy (non-hydrogen) atoms. The van der Waals surface area contributed by atoms with E-state index in [1.807, 2.05) is 31.2 Å². The average molecular weight is 519 g/mol. The van der Waals surface area contributed by atoms with Crippen LogP contribution in [0.25, 0.3) is 0 Å². The monoisotopic (exact) mass is 518 g/mol. The first-order valence-corrected chi connectivity index (χ1v) is 13.3. The van der Waals surface area contributed by atoms with Crippen LogP contribution in [0.4, 0.5) is 4.79 Å². The lowest BCUT2D eigenvalue weighted by Crippen LogP contribution is -2.54. The summed E-state index contributed by atoms with van der Waals surface area (Å²) in [7, 11) is -4.09. The zero-order valence-electron chi connectivity index (χ0n) is 20.0. The Bertz CT molecular complexity index is 1180. The normalized spacial score (nSPS) is 19.6. The third kappa shape index (κ3) is 5.18. The van der Waals surface area contributed by atoms with Crippen molar-refractivity contribution in [3.63, 3.8) is 0 Å². The van der Waals surface area contributed by atoms with Crippen molar-refractivity contribution in [3.05, 3.63) is 59.7 Å². The fourth-order valence-corrected chi connectivity index (χ4v) is 6.39. The topological polar surface area (TPSA) is 131 Å². The molecule has 2 amide bonds. The van der Waals surface area contributed by atoms with Gasteiger partial charge >= 0.3 is 6.09 Å². The van der Waals surface area contributed by atoms with E-state index < -0.39 is 20.5 Å². The minimum absolute atomic E-state index is 0.0395. The van der Waals surface area contributed by atoms with E-state index in [-0.39, 0.29) is 43.1 Å². The van der Waals surface area contributed by atoms with E-state index in [1.165, 1.54) is 29.7 Å². The standard InChI is InChI=1S/C25H30N2O8S/c1-18-3-5-19(6-4-18)22-17-27(24(29)35-22)13-2-14-34-20-7-9-21(10-8-20)36(31,32)25(23(28)26-30)11-15-33-16-12-25/h3-10,22,30H,2,11-17H2,1H3,(H,26,28). The summed E-state index contributed by atoms with van der Waals surface area (Å²) in [5.74, 6) is -0.501. The van der Waals surface area contributed by atoms with Crippen molar-refractivity contribution in [1.29, 1.82) is 0 Å². The molecule has 2 saturated heterocycles. The zero-order chi connectivity index (χ0) is 25.8. The maximum absolute atomic E-state index is 13.3. The lowest BCUT2D eigenvalue weighted by Gasteiger charge is -2.34. The van der Waals surface area contributed by atoms with E-state index in [0.717, 1.165) is 11.1 Å². The maximum atomic E-state index is 13.3. The number of aryl methyl sites for hydroxylation is 1. The van der Waals surface area contributed by atoms with Gasteiger partial charge in [-0.3, -0.25) is 10.0 Å². The van der Waals surface area contributed by atoms with E-state index in [4.69, 9.17) is 19.4 Å². The van der Waals surface area contributed by atoms with Crippen molar-refractivity contribution < 1.29 is 37.4 Å². The third-order valence-electron chi connectivity index (χ3n) is 6.64. The number of cyclic esters (lactones) is 1. The summed E-state index contributed by atoms with van der Waals surface area (Å²) in [5.41, 5.74) is 3.60. The van der Waals surface area contributed by atoms with Crippen molar-refractivity contribution in [2.24, 2.45) is 0 Å². The quantitative estimate of drug-likeness (QED) is 0.294. The molecule has 11 heteroatoms. The first-order valence-electron chi connectivity index (χ1n) is 11.8. The molecule has 0 radical (unpaired) electrons. The molecule has 2 fully saturated rings. The molecule has 1 atom stereocenters. The Morgan fingerprint density at radius 1 is 1.14 bits per heavy atom. The molecule has 0 aromatic heterocycles. The second kappa shape index (κ2) is 10.9. The molecule has 0 spiro atoms. The van der Waals surface area contributed by atoms with Crippen LogP contribution in [0.1, 0.15) is 36.5 Å². The van der Waals surface area contributed by atoms with Crippen LogP contribution in [0.15, 0.2) is 53.4 Å². The second-order valence-electron chi connectivity index (χ2n) is 8.95. The Balaban J connectivity index is 1.30. The summed E-state index contributed by atoms with van der Waals surface area (Å²) < 4.78 is 41.2. The molecule has 0 aliphatic carbocycles. The number of benzene rings is 2. The van der Waals surface area contributed by atoms with Crippen LogP contribution in [-0.4, -0.2) is 68.2 Å². The summed E-state index contributed by atoms with van der Waals surface area (Å²) in [6.07, 6.45) is -0.187. The molecule has 2 aliphatic heterocycles. The molecule has 0 bridgehead atoms. The number of carbonyl (C=O) groups is 2. The zero-order valence-corrected chi connectivity index (χ0v) is 20.8. The van der Waals surface area contributed by atoms with Crippen LogP contribution in [0.5, 0.6) is 5.75 Å². The number of rotatable bonds is 9. The Labute approximate surface area is 210 Å². The number of ether oxygens (including phenoxy) is 3. The lowest BCUT2D eigenvalue weighted by molar-refractivity contribution is -0.134. The van der Waals surface area contributed by atoms with Gasteiger partial charge in [-0.15, -0.1) is 0 Å². The van der Waals surface area contributed by atoms with E-state index in [1.54, 1.807) is 4.90 Å². The highest BCUT2D eigenvalue weighted by atomic mass is 32.2. The lowest BCUT2D eigenvalue weighted by atomic mass is 9.98. The summed E-state index contributed by atoms with van der Waals surface area (Å²) in [6, 6.07) is 13.7. The van der Waals surface area contributed by atoms with Crippen molar-refractivity contribution >= 4 is 21.8 Å². The molecular formula is C25H30N2O8S. The molecule has 1 unspecified atom stereocenters. The minimum Gasteiger partial charge on any atom is -0.494 e. The molecule has 194 valence electrons. The van der Waals surface area contributed by atoms with Crippen LogP contribution in [0.3, 0.4) is 0 Å². The highest BCUT2D eigenvalue weighted by Crippen LogP contribution is 2.36. The van der Waals surface area contributed by atoms with Crippen LogP contribution in [0, 0.1) is 6.92 Å². The van der Waals surface area contributed by atoms with Crippen molar-refractivity contribution in [1.82, 2.24) is 10.4 Å². The number of nitrogens with zero attached hydrogens (tertiary/aromatic N) is 1. The van der Waals surface area contributed by atoms with Crippen molar-refractivity contribution in [2.45, 2.75) is 41.9 Å². The summed E-state index contributed by atoms with van der Waals surface area (Å²) in [4.78, 5) is 26.1. The average Bonchev–Trinajstić information content (AvgIpc) is 3.27. The molecule has 2 aliphatic rings.